The third-order valence-corrected chi connectivity index (χ3v) is 5.24. The van der Waals surface area contributed by atoms with E-state index in [4.69, 9.17) is 0 Å². The van der Waals surface area contributed by atoms with Gasteiger partial charge in [-0.15, -0.1) is 0 Å². The fraction of sp³-hybridized carbons (Fsp3) is 0.304. The Hall–Kier alpha value is -3.15. The molecule has 0 spiro atoms. The van der Waals surface area contributed by atoms with Crippen LogP contribution in [0.1, 0.15) is 25.5 Å². The zero-order valence-corrected chi connectivity index (χ0v) is 16.8. The summed E-state index contributed by atoms with van der Waals surface area (Å²) in [5.41, 5.74) is 3.82. The number of benzene rings is 2. The molecule has 2 heterocycles. The van der Waals surface area contributed by atoms with Crippen molar-refractivity contribution < 1.29 is 4.39 Å². The van der Waals surface area contributed by atoms with Gasteiger partial charge in [-0.1, -0.05) is 6.92 Å². The molecule has 2 aromatic carbocycles. The van der Waals surface area contributed by atoms with Gasteiger partial charge in [0.15, 0.2) is 0 Å². The average Bonchev–Trinajstić information content (AvgIpc) is 2.71. The summed E-state index contributed by atoms with van der Waals surface area (Å²) in [6, 6.07) is 16.5. The standard InChI is InChI=1S/C23H26FN5/c1-16-11-13-29(14-12-16)21-9-7-19(8-10-21)26-22-15-17(2)25-23(28-22)27-20-5-3-18(24)4-6-20/h3-10,15-16H,11-14H2,1-2H3,(H2,25,26,27,28). The first-order valence-corrected chi connectivity index (χ1v) is 10.1. The molecule has 1 saturated heterocycles. The van der Waals surface area contributed by atoms with Crippen LogP contribution in [0.3, 0.4) is 0 Å². The molecule has 0 amide bonds. The molecule has 5 nitrogen and oxygen atoms in total. The van der Waals surface area contributed by atoms with E-state index in [1.165, 1.54) is 30.7 Å². The van der Waals surface area contributed by atoms with Gasteiger partial charge >= 0.3 is 0 Å². The Kier molecular flexibility index (Phi) is 5.60. The van der Waals surface area contributed by atoms with Crippen molar-refractivity contribution in [3.63, 3.8) is 0 Å². The fourth-order valence-corrected chi connectivity index (χ4v) is 3.52. The number of anilines is 5. The molecule has 4 rings (SSSR count). The van der Waals surface area contributed by atoms with E-state index in [0.29, 0.717) is 11.8 Å². The molecule has 150 valence electrons. The molecule has 6 heteroatoms. The molecule has 2 N–H and O–H groups in total. The Morgan fingerprint density at radius 1 is 0.897 bits per heavy atom. The van der Waals surface area contributed by atoms with Gasteiger partial charge in [-0.2, -0.15) is 4.98 Å². The summed E-state index contributed by atoms with van der Waals surface area (Å²) >= 11 is 0. The van der Waals surface area contributed by atoms with E-state index in [1.54, 1.807) is 12.1 Å². The van der Waals surface area contributed by atoms with Crippen LogP contribution in [-0.4, -0.2) is 23.1 Å². The monoisotopic (exact) mass is 391 g/mol. The molecule has 0 unspecified atom stereocenters. The third kappa shape index (κ3) is 5.02. The molecule has 3 aromatic rings. The summed E-state index contributed by atoms with van der Waals surface area (Å²) in [6.45, 7) is 6.49. The number of hydrogen-bond acceptors (Lipinski definition) is 5. The molecule has 1 aliphatic rings. The number of piperidine rings is 1. The molecule has 0 bridgehead atoms. The van der Waals surface area contributed by atoms with Gasteiger partial charge in [0.05, 0.1) is 0 Å². The predicted octanol–water partition coefficient (Wildman–Crippen LogP) is 5.65. The zero-order chi connectivity index (χ0) is 20.2. The van der Waals surface area contributed by atoms with E-state index in [1.807, 2.05) is 13.0 Å². The van der Waals surface area contributed by atoms with Crippen molar-refractivity contribution in [2.24, 2.45) is 5.92 Å². The van der Waals surface area contributed by atoms with Crippen LogP contribution in [0, 0.1) is 18.7 Å². The Morgan fingerprint density at radius 3 is 2.21 bits per heavy atom. The maximum absolute atomic E-state index is 13.1. The first-order valence-electron chi connectivity index (χ1n) is 10.1. The van der Waals surface area contributed by atoms with E-state index in [0.717, 1.165) is 36.1 Å². The van der Waals surface area contributed by atoms with Gasteiger partial charge in [0, 0.05) is 41.9 Å². The second-order valence-electron chi connectivity index (χ2n) is 7.69. The summed E-state index contributed by atoms with van der Waals surface area (Å²) in [4.78, 5) is 11.4. The Balaban J connectivity index is 1.44. The van der Waals surface area contributed by atoms with Crippen LogP contribution in [0.4, 0.5) is 33.2 Å². The van der Waals surface area contributed by atoms with Crippen LogP contribution < -0.4 is 15.5 Å². The molecule has 1 aliphatic heterocycles. The minimum atomic E-state index is -0.273. The Morgan fingerprint density at radius 2 is 1.52 bits per heavy atom. The number of aryl methyl sites for hydroxylation is 1. The number of hydrogen-bond donors (Lipinski definition) is 2. The van der Waals surface area contributed by atoms with E-state index < -0.39 is 0 Å². The highest BCUT2D eigenvalue weighted by Crippen LogP contribution is 2.25. The second-order valence-corrected chi connectivity index (χ2v) is 7.69. The van der Waals surface area contributed by atoms with Crippen LogP contribution in [-0.2, 0) is 0 Å². The van der Waals surface area contributed by atoms with Gasteiger partial charge in [-0.05, 0) is 74.2 Å². The highest BCUT2D eigenvalue weighted by Gasteiger charge is 2.15. The largest absolute Gasteiger partial charge is 0.372 e. The number of nitrogens with one attached hydrogen (secondary N) is 2. The number of rotatable bonds is 5. The average molecular weight is 391 g/mol. The van der Waals surface area contributed by atoms with Crippen molar-refractivity contribution in [2.45, 2.75) is 26.7 Å². The molecule has 1 fully saturated rings. The third-order valence-electron chi connectivity index (χ3n) is 5.24. The van der Waals surface area contributed by atoms with Crippen molar-refractivity contribution in [3.8, 4) is 0 Å². The van der Waals surface area contributed by atoms with Gasteiger partial charge in [0.2, 0.25) is 5.95 Å². The topological polar surface area (TPSA) is 53.1 Å². The molecular formula is C23H26FN5. The van der Waals surface area contributed by atoms with E-state index in [2.05, 4.69) is 56.7 Å². The maximum Gasteiger partial charge on any atom is 0.229 e. The van der Waals surface area contributed by atoms with Crippen LogP contribution >= 0.6 is 0 Å². The first-order chi connectivity index (χ1) is 14.0. The predicted molar refractivity (Wildman–Crippen MR) is 117 cm³/mol. The molecule has 29 heavy (non-hydrogen) atoms. The van der Waals surface area contributed by atoms with Gasteiger partial charge in [-0.25, -0.2) is 9.37 Å². The lowest BCUT2D eigenvalue weighted by atomic mass is 9.99. The minimum Gasteiger partial charge on any atom is -0.372 e. The van der Waals surface area contributed by atoms with Crippen molar-refractivity contribution in [1.82, 2.24) is 9.97 Å². The Bertz CT molecular complexity index is 948. The lowest BCUT2D eigenvalue weighted by Gasteiger charge is -2.32. The number of halogens is 1. The van der Waals surface area contributed by atoms with Crippen molar-refractivity contribution in [3.05, 3.63) is 66.1 Å². The van der Waals surface area contributed by atoms with Crippen molar-refractivity contribution in [2.75, 3.05) is 28.6 Å². The number of nitrogens with zero attached hydrogens (tertiary/aromatic N) is 3. The normalized spacial score (nSPS) is 14.7. The quantitative estimate of drug-likeness (QED) is 0.589. The van der Waals surface area contributed by atoms with Crippen LogP contribution in [0.25, 0.3) is 0 Å². The van der Waals surface area contributed by atoms with Crippen LogP contribution in [0.5, 0.6) is 0 Å². The van der Waals surface area contributed by atoms with E-state index >= 15 is 0 Å². The summed E-state index contributed by atoms with van der Waals surface area (Å²) in [5.74, 6) is 1.73. The van der Waals surface area contributed by atoms with Gasteiger partial charge in [0.1, 0.15) is 11.6 Å². The minimum absolute atomic E-state index is 0.273. The molecule has 0 atom stereocenters. The summed E-state index contributed by atoms with van der Waals surface area (Å²) in [6.07, 6.45) is 2.51. The first kappa shape index (κ1) is 19.2. The highest BCUT2D eigenvalue weighted by atomic mass is 19.1. The van der Waals surface area contributed by atoms with Gasteiger partial charge in [0.25, 0.3) is 0 Å². The van der Waals surface area contributed by atoms with Crippen LogP contribution in [0.15, 0.2) is 54.6 Å². The van der Waals surface area contributed by atoms with E-state index in [-0.39, 0.29) is 5.82 Å². The van der Waals surface area contributed by atoms with Crippen LogP contribution in [0.2, 0.25) is 0 Å². The molecular weight excluding hydrogens is 365 g/mol. The lowest BCUT2D eigenvalue weighted by Crippen LogP contribution is -2.32. The fourth-order valence-electron chi connectivity index (χ4n) is 3.52. The van der Waals surface area contributed by atoms with Gasteiger partial charge in [-0.3, -0.25) is 0 Å². The summed E-state index contributed by atoms with van der Waals surface area (Å²) in [7, 11) is 0. The highest BCUT2D eigenvalue weighted by molar-refractivity contribution is 5.63. The SMILES string of the molecule is Cc1cc(Nc2ccc(N3CCC(C)CC3)cc2)nc(Nc2ccc(F)cc2)n1. The summed E-state index contributed by atoms with van der Waals surface area (Å²) in [5, 5.41) is 6.47. The molecule has 1 aromatic heterocycles. The summed E-state index contributed by atoms with van der Waals surface area (Å²) < 4.78 is 13.1. The smallest absolute Gasteiger partial charge is 0.229 e. The molecule has 0 saturated carbocycles. The second kappa shape index (κ2) is 8.47. The Labute approximate surface area is 171 Å². The van der Waals surface area contributed by atoms with E-state index in [9.17, 15) is 4.39 Å². The molecule has 0 aliphatic carbocycles. The maximum atomic E-state index is 13.1. The van der Waals surface area contributed by atoms with Crippen molar-refractivity contribution in [1.29, 1.82) is 0 Å². The lowest BCUT2D eigenvalue weighted by molar-refractivity contribution is 0.438. The van der Waals surface area contributed by atoms with Crippen molar-refractivity contribution >= 4 is 28.8 Å². The number of aromatic nitrogens is 2. The zero-order valence-electron chi connectivity index (χ0n) is 16.8. The van der Waals surface area contributed by atoms with Gasteiger partial charge < -0.3 is 15.5 Å². The molecule has 0 radical (unpaired) electrons.